The molecule has 0 radical (unpaired) electrons. The minimum absolute atomic E-state index is 0.110. The lowest BCUT2D eigenvalue weighted by Crippen LogP contribution is -2.03. The molecule has 2 aromatic carbocycles. The van der Waals surface area contributed by atoms with E-state index >= 15 is 0 Å². The Kier molecular flexibility index (Phi) is 4.34. The van der Waals surface area contributed by atoms with Crippen LogP contribution in [0.15, 0.2) is 59.9 Å². The Hall–Kier alpha value is -2.76. The predicted molar refractivity (Wildman–Crippen MR) is 107 cm³/mol. The summed E-state index contributed by atoms with van der Waals surface area (Å²) in [5.41, 5.74) is 3.79. The second-order valence-electron chi connectivity index (χ2n) is 6.43. The number of benzene rings is 2. The van der Waals surface area contributed by atoms with E-state index in [1.54, 1.807) is 0 Å². The summed E-state index contributed by atoms with van der Waals surface area (Å²) in [6.45, 7) is 0.707. The third-order valence-electron chi connectivity index (χ3n) is 4.72. The maximum atomic E-state index is 6.21. The molecule has 0 spiro atoms. The van der Waals surface area contributed by atoms with Gasteiger partial charge in [0.25, 0.3) is 0 Å². The minimum atomic E-state index is -0.110. The summed E-state index contributed by atoms with van der Waals surface area (Å²) >= 11 is 12.4. The first-order chi connectivity index (χ1) is 13.7. The summed E-state index contributed by atoms with van der Waals surface area (Å²) in [7, 11) is 0. The van der Waals surface area contributed by atoms with Crippen molar-refractivity contribution in [3.8, 4) is 22.6 Å². The van der Waals surface area contributed by atoms with Crippen LogP contribution in [-0.2, 0) is 4.74 Å². The van der Waals surface area contributed by atoms with Gasteiger partial charge in [0.2, 0.25) is 12.7 Å². The molecule has 0 fully saturated rings. The number of aromatic nitrogens is 1. The lowest BCUT2D eigenvalue weighted by molar-refractivity contribution is 0.174. The summed E-state index contributed by atoms with van der Waals surface area (Å²) < 4.78 is 16.6. The maximum absolute atomic E-state index is 6.21. The van der Waals surface area contributed by atoms with Gasteiger partial charge in [0.15, 0.2) is 11.5 Å². The van der Waals surface area contributed by atoms with E-state index in [0.717, 1.165) is 28.2 Å². The first kappa shape index (κ1) is 17.3. The molecule has 5 nitrogen and oxygen atoms in total. The molecule has 1 atom stereocenters. The summed E-state index contributed by atoms with van der Waals surface area (Å²) in [4.78, 5) is 8.62. The third kappa shape index (κ3) is 3.07. The smallest absolute Gasteiger partial charge is 0.231 e. The van der Waals surface area contributed by atoms with E-state index in [-0.39, 0.29) is 12.8 Å². The van der Waals surface area contributed by atoms with Crippen molar-refractivity contribution in [3.63, 3.8) is 0 Å². The molecule has 3 aromatic rings. The molecular weight excluding hydrogens is 399 g/mol. The van der Waals surface area contributed by atoms with Gasteiger partial charge in [-0.2, -0.15) is 0 Å². The highest BCUT2D eigenvalue weighted by molar-refractivity contribution is 6.39. The van der Waals surface area contributed by atoms with Crippen molar-refractivity contribution in [3.05, 3.63) is 76.0 Å². The Balaban J connectivity index is 1.40. The molecule has 3 heterocycles. The lowest BCUT2D eigenvalue weighted by Gasteiger charge is -2.08. The fourth-order valence-corrected chi connectivity index (χ4v) is 3.80. The van der Waals surface area contributed by atoms with Gasteiger partial charge in [0, 0.05) is 12.4 Å². The SMILES string of the molecule is Clc1cncc(Cl)c1C1=NC(c2ccc(-c3ccc4c(c3)OCO4)cc2)CO1. The average Bonchev–Trinajstić information content (AvgIpc) is 3.37. The Morgan fingerprint density at radius 3 is 2.32 bits per heavy atom. The number of aliphatic imine (C=N–C) groups is 1. The van der Waals surface area contributed by atoms with E-state index in [1.807, 2.05) is 18.2 Å². The van der Waals surface area contributed by atoms with Gasteiger partial charge in [-0.3, -0.25) is 4.98 Å². The van der Waals surface area contributed by atoms with E-state index in [0.29, 0.717) is 28.1 Å². The van der Waals surface area contributed by atoms with Gasteiger partial charge >= 0.3 is 0 Å². The van der Waals surface area contributed by atoms with Crippen LogP contribution in [0.25, 0.3) is 11.1 Å². The summed E-state index contributed by atoms with van der Waals surface area (Å²) in [6, 6.07) is 14.0. The highest BCUT2D eigenvalue weighted by Crippen LogP contribution is 2.36. The predicted octanol–water partition coefficient (Wildman–Crippen LogP) is 5.30. The lowest BCUT2D eigenvalue weighted by atomic mass is 10.0. The van der Waals surface area contributed by atoms with E-state index in [9.17, 15) is 0 Å². The van der Waals surface area contributed by atoms with Gasteiger partial charge in [-0.1, -0.05) is 53.5 Å². The van der Waals surface area contributed by atoms with Gasteiger partial charge in [0.05, 0.1) is 15.6 Å². The van der Waals surface area contributed by atoms with E-state index in [2.05, 4.69) is 34.2 Å². The van der Waals surface area contributed by atoms with Gasteiger partial charge in [0.1, 0.15) is 12.6 Å². The molecule has 0 N–H and O–H groups in total. The Morgan fingerprint density at radius 1 is 0.821 bits per heavy atom. The zero-order valence-electron chi connectivity index (χ0n) is 14.6. The topological polar surface area (TPSA) is 52.9 Å². The van der Waals surface area contributed by atoms with Gasteiger partial charge in [-0.15, -0.1) is 0 Å². The zero-order valence-corrected chi connectivity index (χ0v) is 16.1. The summed E-state index contributed by atoms with van der Waals surface area (Å²) in [5.74, 6) is 1.99. The van der Waals surface area contributed by atoms with Crippen LogP contribution < -0.4 is 9.47 Å². The highest BCUT2D eigenvalue weighted by Gasteiger charge is 2.25. The molecule has 0 amide bonds. The van der Waals surface area contributed by atoms with Crippen molar-refractivity contribution in [2.45, 2.75) is 6.04 Å². The molecule has 1 unspecified atom stereocenters. The van der Waals surface area contributed by atoms with Crippen molar-refractivity contribution < 1.29 is 14.2 Å². The zero-order chi connectivity index (χ0) is 19.1. The van der Waals surface area contributed by atoms with Gasteiger partial charge in [-0.25, -0.2) is 4.99 Å². The molecule has 7 heteroatoms. The quantitative estimate of drug-likeness (QED) is 0.585. The molecule has 0 aliphatic carbocycles. The van der Waals surface area contributed by atoms with E-state index in [4.69, 9.17) is 37.4 Å². The van der Waals surface area contributed by atoms with Crippen LogP contribution in [0.5, 0.6) is 11.5 Å². The van der Waals surface area contributed by atoms with Crippen LogP contribution in [-0.4, -0.2) is 24.3 Å². The molecule has 1 aromatic heterocycles. The number of nitrogens with zero attached hydrogens (tertiary/aromatic N) is 2. The van der Waals surface area contributed by atoms with Crippen LogP contribution >= 0.6 is 23.2 Å². The Morgan fingerprint density at radius 2 is 1.54 bits per heavy atom. The molecule has 28 heavy (non-hydrogen) atoms. The van der Waals surface area contributed by atoms with Crippen LogP contribution in [0.4, 0.5) is 0 Å². The monoisotopic (exact) mass is 412 g/mol. The molecular formula is C21H14Cl2N2O3. The molecule has 2 aliphatic rings. The number of pyridine rings is 1. The van der Waals surface area contributed by atoms with Crippen LogP contribution in [0.3, 0.4) is 0 Å². The van der Waals surface area contributed by atoms with Crippen molar-refractivity contribution >= 4 is 29.1 Å². The van der Waals surface area contributed by atoms with Gasteiger partial charge in [-0.05, 0) is 28.8 Å². The van der Waals surface area contributed by atoms with Crippen molar-refractivity contribution in [1.29, 1.82) is 0 Å². The number of hydrogen-bond donors (Lipinski definition) is 0. The Bertz CT molecular complexity index is 1060. The number of ether oxygens (including phenoxy) is 3. The van der Waals surface area contributed by atoms with Crippen molar-refractivity contribution in [2.24, 2.45) is 4.99 Å². The highest BCUT2D eigenvalue weighted by atomic mass is 35.5. The maximum Gasteiger partial charge on any atom is 0.231 e. The number of rotatable bonds is 3. The van der Waals surface area contributed by atoms with Crippen molar-refractivity contribution in [2.75, 3.05) is 13.4 Å². The molecule has 0 saturated heterocycles. The Labute approximate surface area is 171 Å². The second kappa shape index (κ2) is 7.00. The van der Waals surface area contributed by atoms with E-state index < -0.39 is 0 Å². The minimum Gasteiger partial charge on any atom is -0.475 e. The molecule has 2 aliphatic heterocycles. The second-order valence-corrected chi connectivity index (χ2v) is 7.24. The normalized spacial score (nSPS) is 17.4. The molecule has 140 valence electrons. The molecule has 0 bridgehead atoms. The fourth-order valence-electron chi connectivity index (χ4n) is 3.27. The van der Waals surface area contributed by atoms with Crippen molar-refractivity contribution in [1.82, 2.24) is 4.98 Å². The fraction of sp³-hybridized carbons (Fsp3) is 0.143. The van der Waals surface area contributed by atoms with Crippen LogP contribution in [0, 0.1) is 0 Å². The molecule has 0 saturated carbocycles. The number of fused-ring (bicyclic) bond motifs is 1. The van der Waals surface area contributed by atoms with Crippen LogP contribution in [0.2, 0.25) is 10.0 Å². The molecule has 5 rings (SSSR count). The first-order valence-electron chi connectivity index (χ1n) is 8.69. The summed E-state index contributed by atoms with van der Waals surface area (Å²) in [5, 5.41) is 0.843. The standard InChI is InChI=1S/C21H14Cl2N2O3/c22-15-8-24-9-16(23)20(15)21-25-17(10-26-21)13-3-1-12(2-4-13)14-5-6-18-19(7-14)28-11-27-18/h1-9,17H,10-11H2. The first-order valence-corrected chi connectivity index (χ1v) is 9.44. The summed E-state index contributed by atoms with van der Waals surface area (Å²) in [6.07, 6.45) is 3.06. The number of halogens is 2. The van der Waals surface area contributed by atoms with Gasteiger partial charge < -0.3 is 14.2 Å². The van der Waals surface area contributed by atoms with E-state index in [1.165, 1.54) is 12.4 Å². The van der Waals surface area contributed by atoms with Crippen LogP contribution in [0.1, 0.15) is 17.2 Å². The largest absolute Gasteiger partial charge is 0.475 e. The average molecular weight is 413 g/mol. The third-order valence-corrected chi connectivity index (χ3v) is 5.29. The number of hydrogen-bond acceptors (Lipinski definition) is 5.